The zero-order valence-electron chi connectivity index (χ0n) is 35.7. The molecule has 0 radical (unpaired) electrons. The van der Waals surface area contributed by atoms with Crippen molar-refractivity contribution in [2.45, 2.75) is 219 Å². The molecule has 8 heteroatoms. The first-order valence-corrected chi connectivity index (χ1v) is 24.4. The summed E-state index contributed by atoms with van der Waals surface area (Å²) in [6, 6.07) is 0. The Bertz CT molecular complexity index is 893. The highest BCUT2D eigenvalue weighted by Gasteiger charge is 2.33. The van der Waals surface area contributed by atoms with Gasteiger partial charge in [-0.05, 0) is 77.3 Å². The number of hydrogen-bond donors (Lipinski definition) is 1. The van der Waals surface area contributed by atoms with Crippen molar-refractivity contribution in [2.24, 2.45) is 5.14 Å². The van der Waals surface area contributed by atoms with E-state index in [2.05, 4.69) is 56.9 Å². The van der Waals surface area contributed by atoms with Crippen LogP contribution in [0, 0.1) is 0 Å². The minimum atomic E-state index is -3.97. The molecule has 0 rings (SSSR count). The van der Waals surface area contributed by atoms with Crippen LogP contribution in [0.1, 0.15) is 207 Å². The number of likely N-dealkylation sites (N-methyl/N-ethyl adjacent to an activating group) is 1. The first-order chi connectivity index (χ1) is 25.9. The molecule has 0 aromatic rings. The molecule has 0 fully saturated rings. The number of hydrogen-bond acceptors (Lipinski definition) is 6. The van der Waals surface area contributed by atoms with Crippen LogP contribution < -0.4 is 5.14 Å². The van der Waals surface area contributed by atoms with Crippen LogP contribution in [0.15, 0.2) is 24.3 Å². The maximum absolute atomic E-state index is 12.7. The molecule has 0 bridgehead atoms. The summed E-state index contributed by atoms with van der Waals surface area (Å²) in [6.45, 7) is 13.0. The first kappa shape index (κ1) is 52.2. The number of nitrogens with zero attached hydrogens (tertiary/aromatic N) is 1. The lowest BCUT2D eigenvalue weighted by Crippen LogP contribution is -2.45. The summed E-state index contributed by atoms with van der Waals surface area (Å²) in [6.07, 6.45) is 43.3. The third-order valence-corrected chi connectivity index (χ3v) is 11.4. The van der Waals surface area contributed by atoms with Crippen molar-refractivity contribution in [3.63, 3.8) is 0 Å². The average molecular weight is 771 g/mol. The maximum Gasteiger partial charge on any atom is 0.239 e. The van der Waals surface area contributed by atoms with Gasteiger partial charge in [-0.25, -0.2) is 13.6 Å². The molecule has 53 heavy (non-hydrogen) atoms. The monoisotopic (exact) mass is 771 g/mol. The zero-order valence-corrected chi connectivity index (χ0v) is 36.5. The molecule has 2 unspecified atom stereocenters. The van der Waals surface area contributed by atoms with Crippen LogP contribution >= 0.6 is 0 Å². The molecule has 316 valence electrons. The molecule has 0 amide bonds. The number of sulfonamides is 1. The third-order valence-electron chi connectivity index (χ3n) is 10.3. The van der Waals surface area contributed by atoms with Gasteiger partial charge in [0.2, 0.25) is 15.5 Å². The summed E-state index contributed by atoms with van der Waals surface area (Å²) in [5.74, 6) is 0. The van der Waals surface area contributed by atoms with Crippen LogP contribution in [0.3, 0.4) is 0 Å². The second-order valence-electron chi connectivity index (χ2n) is 15.2. The number of rotatable bonds is 43. The van der Waals surface area contributed by atoms with E-state index < -0.39 is 21.6 Å². The van der Waals surface area contributed by atoms with Crippen LogP contribution in [0.2, 0.25) is 0 Å². The fraction of sp³-hybridized carbons (Fsp3) is 0.911. The normalized spacial score (nSPS) is 13.6. The SMILES string of the molecule is CCCCCCCC/C=C\CCCCCCCCOC(COCCN(CC)CC)C(OCCCCCCCC/C=C\CCCCCCCC)S(N)(=O)=O. The van der Waals surface area contributed by atoms with Crippen LogP contribution in [-0.2, 0) is 24.2 Å². The Labute approximate surface area is 331 Å². The van der Waals surface area contributed by atoms with E-state index in [1.54, 1.807) is 0 Å². The molecule has 0 aliphatic heterocycles. The lowest BCUT2D eigenvalue weighted by molar-refractivity contribution is -0.0783. The Kier molecular flexibility index (Phi) is 40.3. The molecule has 2 N–H and O–H groups in total. The fourth-order valence-electron chi connectivity index (χ4n) is 6.69. The van der Waals surface area contributed by atoms with Gasteiger partial charge in [0.1, 0.15) is 6.10 Å². The van der Waals surface area contributed by atoms with Crippen molar-refractivity contribution in [1.29, 1.82) is 0 Å². The van der Waals surface area contributed by atoms with Gasteiger partial charge in [-0.15, -0.1) is 0 Å². The summed E-state index contributed by atoms with van der Waals surface area (Å²) in [5.41, 5.74) is -1.21. The quantitative estimate of drug-likeness (QED) is 0.0490. The van der Waals surface area contributed by atoms with Crippen molar-refractivity contribution in [2.75, 3.05) is 46.1 Å². The van der Waals surface area contributed by atoms with Gasteiger partial charge < -0.3 is 19.1 Å². The van der Waals surface area contributed by atoms with Crippen LogP contribution in [0.25, 0.3) is 0 Å². The third kappa shape index (κ3) is 36.6. The van der Waals surface area contributed by atoms with E-state index in [1.165, 1.54) is 148 Å². The van der Waals surface area contributed by atoms with Crippen LogP contribution in [-0.4, -0.2) is 70.9 Å². The van der Waals surface area contributed by atoms with E-state index in [9.17, 15) is 8.42 Å². The van der Waals surface area contributed by atoms with Gasteiger partial charge in [0.15, 0.2) is 0 Å². The minimum absolute atomic E-state index is 0.155. The molecule has 0 saturated carbocycles. The van der Waals surface area contributed by atoms with E-state index >= 15 is 0 Å². The molecule has 0 aromatic heterocycles. The molecule has 0 spiro atoms. The van der Waals surface area contributed by atoms with Crippen LogP contribution in [0.5, 0.6) is 0 Å². The molecule has 7 nitrogen and oxygen atoms in total. The number of allylic oxidation sites excluding steroid dienone is 4. The van der Waals surface area contributed by atoms with Crippen molar-refractivity contribution in [3.8, 4) is 0 Å². The van der Waals surface area contributed by atoms with Gasteiger partial charge in [-0.2, -0.15) is 0 Å². The van der Waals surface area contributed by atoms with Gasteiger partial charge in [0.05, 0.1) is 13.2 Å². The zero-order chi connectivity index (χ0) is 38.9. The Morgan fingerprint density at radius 1 is 0.491 bits per heavy atom. The van der Waals surface area contributed by atoms with E-state index in [-0.39, 0.29) is 6.61 Å². The van der Waals surface area contributed by atoms with Crippen molar-refractivity contribution in [1.82, 2.24) is 4.90 Å². The number of ether oxygens (including phenoxy) is 3. The van der Waals surface area contributed by atoms with Gasteiger partial charge in [-0.3, -0.25) is 0 Å². The summed E-state index contributed by atoms with van der Waals surface area (Å²) < 4.78 is 43.4. The van der Waals surface area contributed by atoms with E-state index in [0.29, 0.717) is 19.8 Å². The molecule has 0 aliphatic carbocycles. The van der Waals surface area contributed by atoms with Crippen molar-refractivity contribution < 1.29 is 22.6 Å². The van der Waals surface area contributed by atoms with Crippen molar-refractivity contribution >= 4 is 10.0 Å². The Morgan fingerprint density at radius 2 is 0.849 bits per heavy atom. The smallest absolute Gasteiger partial charge is 0.239 e. The standard InChI is InChI=1S/C45H90N2O5S/c1-5-9-11-13-15-17-19-21-23-25-27-29-31-33-35-37-40-51-44(43-50-42-39-47(7-3)8-4)45(53(46,48)49)52-41-38-36-34-32-30-28-26-24-22-20-18-16-14-12-10-6-2/h21-24,44-45H,5-20,25-43H2,1-4H3,(H2,46,48,49)/b23-21-,24-22-. The lowest BCUT2D eigenvalue weighted by atomic mass is 10.1. The summed E-state index contributed by atoms with van der Waals surface area (Å²) in [7, 11) is -3.97. The van der Waals surface area contributed by atoms with Crippen molar-refractivity contribution in [3.05, 3.63) is 24.3 Å². The second kappa shape index (κ2) is 40.9. The average Bonchev–Trinajstić information content (AvgIpc) is 3.14. The second-order valence-corrected chi connectivity index (χ2v) is 16.9. The molecule has 0 aliphatic rings. The summed E-state index contributed by atoms with van der Waals surface area (Å²) >= 11 is 0. The molecule has 2 atom stereocenters. The highest BCUT2D eigenvalue weighted by atomic mass is 32.2. The largest absolute Gasteiger partial charge is 0.377 e. The predicted molar refractivity (Wildman–Crippen MR) is 230 cm³/mol. The Balaban J connectivity index is 4.38. The van der Waals surface area contributed by atoms with E-state index in [0.717, 1.165) is 51.7 Å². The van der Waals surface area contributed by atoms with Gasteiger partial charge in [0.25, 0.3) is 0 Å². The Hall–Kier alpha value is -0.770. The molecule has 0 saturated heterocycles. The number of nitrogens with two attached hydrogens (primary N) is 1. The van der Waals surface area contributed by atoms with Crippen LogP contribution in [0.4, 0.5) is 0 Å². The van der Waals surface area contributed by atoms with E-state index in [1.807, 2.05) is 0 Å². The molecular formula is C45H90N2O5S. The highest BCUT2D eigenvalue weighted by molar-refractivity contribution is 7.89. The lowest BCUT2D eigenvalue weighted by Gasteiger charge is -2.26. The Morgan fingerprint density at radius 3 is 1.23 bits per heavy atom. The maximum atomic E-state index is 12.7. The number of unbranched alkanes of at least 4 members (excludes halogenated alkanes) is 24. The van der Waals surface area contributed by atoms with E-state index in [4.69, 9.17) is 19.3 Å². The van der Waals surface area contributed by atoms with Gasteiger partial charge in [-0.1, -0.05) is 168 Å². The highest BCUT2D eigenvalue weighted by Crippen LogP contribution is 2.16. The van der Waals surface area contributed by atoms with Gasteiger partial charge >= 0.3 is 0 Å². The molecular weight excluding hydrogens is 681 g/mol. The summed E-state index contributed by atoms with van der Waals surface area (Å²) in [5, 5.41) is 5.71. The first-order valence-electron chi connectivity index (χ1n) is 22.7. The topological polar surface area (TPSA) is 91.1 Å². The fourth-order valence-corrected chi connectivity index (χ4v) is 7.55. The molecule has 0 heterocycles. The van der Waals surface area contributed by atoms with Gasteiger partial charge in [0, 0.05) is 19.8 Å². The molecule has 0 aromatic carbocycles. The minimum Gasteiger partial charge on any atom is -0.377 e. The number of primary sulfonamides is 1. The predicted octanol–water partition coefficient (Wildman–Crippen LogP) is 12.4. The summed E-state index contributed by atoms with van der Waals surface area (Å²) in [4.78, 5) is 2.28.